The van der Waals surface area contributed by atoms with Gasteiger partial charge in [0.15, 0.2) is 0 Å². The lowest BCUT2D eigenvalue weighted by molar-refractivity contribution is -0.116. The molecule has 0 bridgehead atoms. The van der Waals surface area contributed by atoms with Crippen LogP contribution >= 0.6 is 12.4 Å². The highest BCUT2D eigenvalue weighted by molar-refractivity contribution is 5.92. The van der Waals surface area contributed by atoms with Crippen molar-refractivity contribution in [1.82, 2.24) is 9.88 Å². The second kappa shape index (κ2) is 11.5. The summed E-state index contributed by atoms with van der Waals surface area (Å²) in [5, 5.41) is 22.5. The number of nitrogen functional groups attached to an aromatic ring is 1. The van der Waals surface area contributed by atoms with Gasteiger partial charge in [-0.1, -0.05) is 30.7 Å². The Hall–Kier alpha value is -3.60. The van der Waals surface area contributed by atoms with Gasteiger partial charge in [-0.05, 0) is 61.8 Å². The Labute approximate surface area is 205 Å². The van der Waals surface area contributed by atoms with E-state index in [9.17, 15) is 15.2 Å². The Bertz CT molecular complexity index is 1200. The Balaban J connectivity index is 0.00000324. The van der Waals surface area contributed by atoms with E-state index >= 15 is 0 Å². The zero-order valence-electron chi connectivity index (χ0n) is 18.8. The van der Waals surface area contributed by atoms with E-state index in [1.807, 2.05) is 30.3 Å². The standard InChI is InChI=1S/C26H27N5O2.ClH/c27-17-23-22(16-24(30-26(23)28)19-7-5-9-21(32)15-19)18-6-4-8-20(14-18)29-25(33)10-13-31-11-2-1-3-12-31;/h4-9,14-16,32H,1-3,10-13H2,(H2,28,30)(H,29,33);1H. The summed E-state index contributed by atoms with van der Waals surface area (Å²) in [6, 6.07) is 18.0. The van der Waals surface area contributed by atoms with Gasteiger partial charge < -0.3 is 21.1 Å². The molecule has 4 rings (SSSR count). The maximum absolute atomic E-state index is 12.5. The number of carbonyl (C=O) groups is 1. The molecule has 0 spiro atoms. The normalized spacial score (nSPS) is 13.5. The van der Waals surface area contributed by atoms with Crippen LogP contribution in [-0.4, -0.2) is 40.5 Å². The molecule has 176 valence electrons. The predicted molar refractivity (Wildman–Crippen MR) is 137 cm³/mol. The van der Waals surface area contributed by atoms with E-state index in [0.29, 0.717) is 28.9 Å². The Morgan fingerprint density at radius 1 is 1.09 bits per heavy atom. The molecule has 1 fully saturated rings. The third kappa shape index (κ3) is 6.04. The molecule has 0 saturated carbocycles. The number of rotatable bonds is 6. The van der Waals surface area contributed by atoms with Crippen LogP contribution in [0.1, 0.15) is 31.2 Å². The van der Waals surface area contributed by atoms with Crippen LogP contribution in [0.15, 0.2) is 54.6 Å². The number of phenols is 1. The van der Waals surface area contributed by atoms with Crippen LogP contribution in [0, 0.1) is 11.3 Å². The van der Waals surface area contributed by atoms with Crippen molar-refractivity contribution >= 4 is 29.8 Å². The fourth-order valence-electron chi connectivity index (χ4n) is 4.15. The molecule has 0 radical (unpaired) electrons. The fourth-order valence-corrected chi connectivity index (χ4v) is 4.15. The number of nitrogens with two attached hydrogens (primary N) is 1. The molecular weight excluding hydrogens is 450 g/mol. The number of anilines is 2. The van der Waals surface area contributed by atoms with Crippen molar-refractivity contribution in [2.75, 3.05) is 30.7 Å². The molecule has 7 nitrogen and oxygen atoms in total. The van der Waals surface area contributed by atoms with Crippen molar-refractivity contribution in [2.24, 2.45) is 0 Å². The molecule has 0 atom stereocenters. The van der Waals surface area contributed by atoms with E-state index in [-0.39, 0.29) is 35.4 Å². The molecule has 2 heterocycles. The van der Waals surface area contributed by atoms with Gasteiger partial charge in [-0.25, -0.2) is 4.98 Å². The number of nitrogens with one attached hydrogen (secondary N) is 1. The van der Waals surface area contributed by atoms with E-state index in [4.69, 9.17) is 5.73 Å². The molecule has 34 heavy (non-hydrogen) atoms. The van der Waals surface area contributed by atoms with E-state index in [1.165, 1.54) is 19.3 Å². The Kier molecular flexibility index (Phi) is 8.47. The Morgan fingerprint density at radius 2 is 1.82 bits per heavy atom. The van der Waals surface area contributed by atoms with E-state index < -0.39 is 0 Å². The van der Waals surface area contributed by atoms with Crippen molar-refractivity contribution in [2.45, 2.75) is 25.7 Å². The van der Waals surface area contributed by atoms with Crippen LogP contribution in [0.5, 0.6) is 5.75 Å². The molecule has 2 aromatic carbocycles. The molecule has 3 aromatic rings. The number of aromatic hydroxyl groups is 1. The molecule has 8 heteroatoms. The number of piperidine rings is 1. The summed E-state index contributed by atoms with van der Waals surface area (Å²) in [5.41, 5.74) is 9.64. The molecule has 1 aliphatic rings. The van der Waals surface area contributed by atoms with Gasteiger partial charge in [0, 0.05) is 29.8 Å². The zero-order chi connectivity index (χ0) is 23.2. The van der Waals surface area contributed by atoms with Crippen LogP contribution in [0.4, 0.5) is 11.5 Å². The molecule has 0 unspecified atom stereocenters. The van der Waals surface area contributed by atoms with Gasteiger partial charge >= 0.3 is 0 Å². The van der Waals surface area contributed by atoms with Crippen LogP contribution in [-0.2, 0) is 4.79 Å². The minimum Gasteiger partial charge on any atom is -0.508 e. The number of hydrogen-bond acceptors (Lipinski definition) is 6. The van der Waals surface area contributed by atoms with Crippen molar-refractivity contribution in [1.29, 1.82) is 5.26 Å². The van der Waals surface area contributed by atoms with E-state index in [0.717, 1.165) is 25.2 Å². The quantitative estimate of drug-likeness (QED) is 0.469. The number of halogens is 1. The smallest absolute Gasteiger partial charge is 0.225 e. The van der Waals surface area contributed by atoms with Crippen molar-refractivity contribution < 1.29 is 9.90 Å². The van der Waals surface area contributed by atoms with Crippen molar-refractivity contribution in [3.8, 4) is 34.2 Å². The number of carbonyl (C=O) groups excluding carboxylic acids is 1. The number of nitriles is 1. The number of pyridine rings is 1. The summed E-state index contributed by atoms with van der Waals surface area (Å²) in [7, 11) is 0. The molecule has 1 aliphatic heterocycles. The van der Waals surface area contributed by atoms with Crippen LogP contribution in [0.25, 0.3) is 22.4 Å². The maximum atomic E-state index is 12.5. The number of amides is 1. The van der Waals surface area contributed by atoms with Crippen LogP contribution in [0.2, 0.25) is 0 Å². The summed E-state index contributed by atoms with van der Waals surface area (Å²) < 4.78 is 0. The third-order valence-electron chi connectivity index (χ3n) is 5.86. The third-order valence-corrected chi connectivity index (χ3v) is 5.86. The minimum absolute atomic E-state index is 0. The first kappa shape index (κ1) is 25.0. The monoisotopic (exact) mass is 477 g/mol. The topological polar surface area (TPSA) is 115 Å². The SMILES string of the molecule is Cl.N#Cc1c(-c2cccc(NC(=O)CCN3CCCCC3)c2)cc(-c2cccc(O)c2)nc1N. The lowest BCUT2D eigenvalue weighted by atomic mass is 9.98. The summed E-state index contributed by atoms with van der Waals surface area (Å²) in [6.07, 6.45) is 4.11. The summed E-state index contributed by atoms with van der Waals surface area (Å²) in [4.78, 5) is 19.2. The molecule has 1 amide bonds. The molecule has 1 saturated heterocycles. The lowest BCUT2D eigenvalue weighted by Crippen LogP contribution is -2.32. The highest BCUT2D eigenvalue weighted by atomic mass is 35.5. The first-order valence-corrected chi connectivity index (χ1v) is 11.2. The van der Waals surface area contributed by atoms with Gasteiger partial charge in [-0.3, -0.25) is 4.79 Å². The molecule has 4 N–H and O–H groups in total. The van der Waals surface area contributed by atoms with Crippen molar-refractivity contribution in [3.63, 3.8) is 0 Å². The summed E-state index contributed by atoms with van der Waals surface area (Å²) >= 11 is 0. The number of likely N-dealkylation sites (tertiary alicyclic amines) is 1. The van der Waals surface area contributed by atoms with E-state index in [2.05, 4.69) is 21.3 Å². The molecular formula is C26H28ClN5O2. The van der Waals surface area contributed by atoms with Gasteiger partial charge in [0.2, 0.25) is 5.91 Å². The molecule has 0 aliphatic carbocycles. The maximum Gasteiger partial charge on any atom is 0.225 e. The highest BCUT2D eigenvalue weighted by Gasteiger charge is 2.15. The first-order chi connectivity index (χ1) is 16.0. The number of phenolic OH excluding ortho intramolecular Hbond substituents is 1. The van der Waals surface area contributed by atoms with Crippen molar-refractivity contribution in [3.05, 3.63) is 60.2 Å². The largest absolute Gasteiger partial charge is 0.508 e. The predicted octanol–water partition coefficient (Wildman–Crippen LogP) is 4.81. The van der Waals surface area contributed by atoms with Crippen LogP contribution in [0.3, 0.4) is 0 Å². The second-order valence-corrected chi connectivity index (χ2v) is 8.26. The van der Waals surface area contributed by atoms with Crippen LogP contribution < -0.4 is 11.1 Å². The van der Waals surface area contributed by atoms with Gasteiger partial charge in [-0.15, -0.1) is 12.4 Å². The number of nitrogens with zero attached hydrogens (tertiary/aromatic N) is 3. The summed E-state index contributed by atoms with van der Waals surface area (Å²) in [6.45, 7) is 2.88. The fraction of sp³-hybridized carbons (Fsp3) is 0.269. The zero-order valence-corrected chi connectivity index (χ0v) is 19.6. The Morgan fingerprint density at radius 3 is 2.56 bits per heavy atom. The number of aromatic nitrogens is 1. The first-order valence-electron chi connectivity index (χ1n) is 11.2. The van der Waals surface area contributed by atoms with Gasteiger partial charge in [-0.2, -0.15) is 5.26 Å². The minimum atomic E-state index is -0.0343. The average molecular weight is 478 g/mol. The van der Waals surface area contributed by atoms with E-state index in [1.54, 1.807) is 24.3 Å². The number of benzene rings is 2. The molecule has 1 aromatic heterocycles. The van der Waals surface area contributed by atoms with Gasteiger partial charge in [0.1, 0.15) is 23.2 Å². The second-order valence-electron chi connectivity index (χ2n) is 8.26. The van der Waals surface area contributed by atoms with Gasteiger partial charge in [0.05, 0.1) is 5.69 Å². The average Bonchev–Trinajstić information content (AvgIpc) is 2.83. The lowest BCUT2D eigenvalue weighted by Gasteiger charge is -2.25. The van der Waals surface area contributed by atoms with Gasteiger partial charge in [0.25, 0.3) is 0 Å². The summed E-state index contributed by atoms with van der Waals surface area (Å²) in [5.74, 6) is 0.199. The number of hydrogen-bond donors (Lipinski definition) is 3. The highest BCUT2D eigenvalue weighted by Crippen LogP contribution is 2.33.